The van der Waals surface area contributed by atoms with Gasteiger partial charge in [0, 0.05) is 6.07 Å². The molecule has 0 heterocycles. The molecule has 0 fully saturated rings. The van der Waals surface area contributed by atoms with E-state index in [1.54, 1.807) is 36.4 Å². The highest BCUT2D eigenvalue weighted by atomic mass is 16.5. The highest BCUT2D eigenvalue weighted by Crippen LogP contribution is 2.35. The standard InChI is InChI=1S/C16H16N2O3/c1-3-20-14-5-4-6-15(16(14)18)21-13-8-11(10-17)7-12(9-13)19-2/h4-9H,3,18H2,1-2H3. The van der Waals surface area contributed by atoms with Gasteiger partial charge in [0.25, 0.3) is 0 Å². The summed E-state index contributed by atoms with van der Waals surface area (Å²) in [4.78, 5) is 0. The van der Waals surface area contributed by atoms with E-state index < -0.39 is 0 Å². The highest BCUT2D eigenvalue weighted by Gasteiger charge is 2.09. The van der Waals surface area contributed by atoms with Gasteiger partial charge in [-0.15, -0.1) is 0 Å². The van der Waals surface area contributed by atoms with Crippen LogP contribution in [0.2, 0.25) is 0 Å². The monoisotopic (exact) mass is 284 g/mol. The minimum absolute atomic E-state index is 0.417. The number of rotatable bonds is 5. The van der Waals surface area contributed by atoms with Gasteiger partial charge in [-0.2, -0.15) is 5.26 Å². The van der Waals surface area contributed by atoms with E-state index in [0.717, 1.165) is 0 Å². The number of nitrogens with zero attached hydrogens (tertiary/aromatic N) is 1. The van der Waals surface area contributed by atoms with Crippen molar-refractivity contribution in [2.45, 2.75) is 6.92 Å². The van der Waals surface area contributed by atoms with Gasteiger partial charge in [0.15, 0.2) is 5.75 Å². The van der Waals surface area contributed by atoms with Crippen LogP contribution in [0.3, 0.4) is 0 Å². The van der Waals surface area contributed by atoms with Crippen LogP contribution in [0.15, 0.2) is 36.4 Å². The van der Waals surface area contributed by atoms with Gasteiger partial charge in [-0.25, -0.2) is 0 Å². The fourth-order valence-corrected chi connectivity index (χ4v) is 1.83. The van der Waals surface area contributed by atoms with Crippen molar-refractivity contribution in [3.8, 4) is 29.1 Å². The van der Waals surface area contributed by atoms with E-state index in [1.165, 1.54) is 7.11 Å². The van der Waals surface area contributed by atoms with Gasteiger partial charge in [-0.1, -0.05) is 6.07 Å². The Bertz CT molecular complexity index is 678. The third kappa shape index (κ3) is 3.37. The number of nitriles is 1. The van der Waals surface area contributed by atoms with Gasteiger partial charge in [-0.3, -0.25) is 0 Å². The molecule has 2 rings (SSSR count). The van der Waals surface area contributed by atoms with Crippen molar-refractivity contribution in [2.24, 2.45) is 0 Å². The molecule has 0 saturated carbocycles. The second kappa shape index (κ2) is 6.53. The first-order valence-corrected chi connectivity index (χ1v) is 6.46. The second-order valence-electron chi connectivity index (χ2n) is 4.21. The molecular weight excluding hydrogens is 268 g/mol. The molecule has 0 bridgehead atoms. The Labute approximate surface area is 123 Å². The van der Waals surface area contributed by atoms with Gasteiger partial charge in [-0.05, 0) is 31.2 Å². The molecule has 0 spiro atoms. The molecule has 0 aromatic heterocycles. The smallest absolute Gasteiger partial charge is 0.154 e. The van der Waals surface area contributed by atoms with Gasteiger partial charge in [0.05, 0.1) is 25.3 Å². The lowest BCUT2D eigenvalue weighted by molar-refractivity contribution is 0.340. The molecule has 0 amide bonds. The average molecular weight is 284 g/mol. The Kier molecular flexibility index (Phi) is 4.52. The van der Waals surface area contributed by atoms with E-state index in [-0.39, 0.29) is 0 Å². The lowest BCUT2D eigenvalue weighted by atomic mass is 10.2. The molecular formula is C16H16N2O3. The lowest BCUT2D eigenvalue weighted by Gasteiger charge is -2.13. The Morgan fingerprint density at radius 2 is 1.86 bits per heavy atom. The maximum absolute atomic E-state index is 9.01. The summed E-state index contributed by atoms with van der Waals surface area (Å²) in [6.45, 7) is 2.40. The first kappa shape index (κ1) is 14.5. The summed E-state index contributed by atoms with van der Waals surface area (Å²) in [6, 6.07) is 12.3. The van der Waals surface area contributed by atoms with Crippen LogP contribution in [0.25, 0.3) is 0 Å². The number of anilines is 1. The Balaban J connectivity index is 2.34. The zero-order chi connectivity index (χ0) is 15.2. The molecule has 0 aliphatic carbocycles. The quantitative estimate of drug-likeness (QED) is 0.852. The maximum atomic E-state index is 9.01. The molecule has 0 unspecified atom stereocenters. The van der Waals surface area contributed by atoms with Crippen molar-refractivity contribution >= 4 is 5.69 Å². The van der Waals surface area contributed by atoms with Crippen LogP contribution in [0, 0.1) is 11.3 Å². The average Bonchev–Trinajstić information content (AvgIpc) is 2.51. The van der Waals surface area contributed by atoms with Crippen LogP contribution in [0.5, 0.6) is 23.0 Å². The molecule has 0 radical (unpaired) electrons. The van der Waals surface area contributed by atoms with Crippen molar-refractivity contribution in [3.05, 3.63) is 42.0 Å². The van der Waals surface area contributed by atoms with Crippen LogP contribution in [0.1, 0.15) is 12.5 Å². The molecule has 2 N–H and O–H groups in total. The second-order valence-corrected chi connectivity index (χ2v) is 4.21. The van der Waals surface area contributed by atoms with E-state index in [1.807, 2.05) is 6.92 Å². The summed E-state index contributed by atoms with van der Waals surface area (Å²) >= 11 is 0. The number of para-hydroxylation sites is 1. The topological polar surface area (TPSA) is 77.5 Å². The van der Waals surface area contributed by atoms with Crippen LogP contribution in [-0.2, 0) is 0 Å². The zero-order valence-electron chi connectivity index (χ0n) is 11.9. The Hall–Kier alpha value is -2.87. The van der Waals surface area contributed by atoms with Crippen LogP contribution in [-0.4, -0.2) is 13.7 Å². The summed E-state index contributed by atoms with van der Waals surface area (Å²) in [7, 11) is 1.53. The minimum atomic E-state index is 0.417. The fraction of sp³-hybridized carbons (Fsp3) is 0.188. The molecule has 0 aliphatic rings. The van der Waals surface area contributed by atoms with E-state index >= 15 is 0 Å². The predicted molar refractivity (Wildman–Crippen MR) is 79.8 cm³/mol. The highest BCUT2D eigenvalue weighted by molar-refractivity contribution is 5.63. The van der Waals surface area contributed by atoms with E-state index in [0.29, 0.717) is 40.9 Å². The van der Waals surface area contributed by atoms with Crippen molar-refractivity contribution in [1.29, 1.82) is 5.26 Å². The van der Waals surface area contributed by atoms with Crippen molar-refractivity contribution < 1.29 is 14.2 Å². The molecule has 0 aliphatic heterocycles. The van der Waals surface area contributed by atoms with E-state index in [2.05, 4.69) is 6.07 Å². The maximum Gasteiger partial charge on any atom is 0.154 e. The normalized spacial score (nSPS) is 9.76. The number of hydrogen-bond acceptors (Lipinski definition) is 5. The molecule has 21 heavy (non-hydrogen) atoms. The van der Waals surface area contributed by atoms with E-state index in [4.69, 9.17) is 25.2 Å². The summed E-state index contributed by atoms with van der Waals surface area (Å²) in [5, 5.41) is 9.01. The number of methoxy groups -OCH3 is 1. The fourth-order valence-electron chi connectivity index (χ4n) is 1.83. The molecule has 2 aromatic rings. The number of hydrogen-bond donors (Lipinski definition) is 1. The number of nitrogens with two attached hydrogens (primary N) is 1. The Morgan fingerprint density at radius 1 is 1.14 bits per heavy atom. The summed E-state index contributed by atoms with van der Waals surface area (Å²) < 4.78 is 16.3. The summed E-state index contributed by atoms with van der Waals surface area (Å²) in [5.74, 6) is 2.06. The summed E-state index contributed by atoms with van der Waals surface area (Å²) in [6.07, 6.45) is 0. The number of benzene rings is 2. The molecule has 0 atom stereocenters. The third-order valence-corrected chi connectivity index (χ3v) is 2.80. The zero-order valence-corrected chi connectivity index (χ0v) is 11.9. The van der Waals surface area contributed by atoms with Crippen LogP contribution in [0.4, 0.5) is 5.69 Å². The Morgan fingerprint density at radius 3 is 2.52 bits per heavy atom. The molecule has 5 nitrogen and oxygen atoms in total. The van der Waals surface area contributed by atoms with Crippen molar-refractivity contribution in [1.82, 2.24) is 0 Å². The van der Waals surface area contributed by atoms with Crippen LogP contribution >= 0.6 is 0 Å². The van der Waals surface area contributed by atoms with E-state index in [9.17, 15) is 0 Å². The minimum Gasteiger partial charge on any atom is -0.497 e. The van der Waals surface area contributed by atoms with Gasteiger partial charge in [0.1, 0.15) is 22.9 Å². The molecule has 5 heteroatoms. The third-order valence-electron chi connectivity index (χ3n) is 2.80. The summed E-state index contributed by atoms with van der Waals surface area (Å²) in [5.41, 5.74) is 6.88. The number of ether oxygens (including phenoxy) is 3. The van der Waals surface area contributed by atoms with Crippen molar-refractivity contribution in [2.75, 3.05) is 19.5 Å². The van der Waals surface area contributed by atoms with Gasteiger partial charge >= 0.3 is 0 Å². The predicted octanol–water partition coefficient (Wildman–Crippen LogP) is 3.34. The SMILES string of the molecule is CCOc1cccc(Oc2cc(C#N)cc(OC)c2)c1N. The largest absolute Gasteiger partial charge is 0.497 e. The first-order chi connectivity index (χ1) is 10.2. The molecule has 0 saturated heterocycles. The van der Waals surface area contributed by atoms with Gasteiger partial charge in [0.2, 0.25) is 0 Å². The molecule has 108 valence electrons. The lowest BCUT2D eigenvalue weighted by Crippen LogP contribution is -1.99. The van der Waals surface area contributed by atoms with Crippen LogP contribution < -0.4 is 19.9 Å². The van der Waals surface area contributed by atoms with Crippen molar-refractivity contribution in [3.63, 3.8) is 0 Å². The molecule has 2 aromatic carbocycles. The van der Waals surface area contributed by atoms with Gasteiger partial charge < -0.3 is 19.9 Å². The number of nitrogen functional groups attached to an aromatic ring is 1. The first-order valence-electron chi connectivity index (χ1n) is 6.46.